The topological polar surface area (TPSA) is 71.7 Å². The van der Waals surface area contributed by atoms with Crippen molar-refractivity contribution in [2.45, 2.75) is 6.54 Å². The molecule has 130 valence electrons. The zero-order valence-electron chi connectivity index (χ0n) is 13.1. The first-order valence-electron chi connectivity index (χ1n) is 7.55. The molecule has 4 rings (SSSR count). The molecule has 26 heavy (non-hydrogen) atoms. The van der Waals surface area contributed by atoms with Crippen LogP contribution in [-0.2, 0) is 11.3 Å². The van der Waals surface area contributed by atoms with Crippen molar-refractivity contribution in [3.63, 3.8) is 0 Å². The van der Waals surface area contributed by atoms with Crippen molar-refractivity contribution in [1.29, 1.82) is 0 Å². The van der Waals surface area contributed by atoms with Gasteiger partial charge in [-0.2, -0.15) is 0 Å². The number of aromatic hydroxyl groups is 1. The Morgan fingerprint density at radius 3 is 2.73 bits per heavy atom. The van der Waals surface area contributed by atoms with E-state index in [0.29, 0.717) is 16.1 Å². The Morgan fingerprint density at radius 1 is 1.19 bits per heavy atom. The van der Waals surface area contributed by atoms with E-state index in [1.54, 1.807) is 24.3 Å². The van der Waals surface area contributed by atoms with Gasteiger partial charge in [-0.1, -0.05) is 47.2 Å². The molecule has 1 aromatic heterocycles. The standard InChI is InChI=1S/C18H10ClFN2O3S/c19-12-7-10(20)6-5-9(12)8-22-17(24)15(26-18(22)25)14-11-3-1-2-4-13(11)21-16(14)23/h1-7,24H,8H2. The van der Waals surface area contributed by atoms with Crippen LogP contribution in [0.1, 0.15) is 10.4 Å². The summed E-state index contributed by atoms with van der Waals surface area (Å²) >= 11 is 6.76. The lowest BCUT2D eigenvalue weighted by atomic mass is 10.1. The maximum atomic E-state index is 13.2. The fourth-order valence-electron chi connectivity index (χ4n) is 2.80. The van der Waals surface area contributed by atoms with Crippen LogP contribution in [0.25, 0.3) is 5.57 Å². The minimum atomic E-state index is -0.505. The van der Waals surface area contributed by atoms with Gasteiger partial charge in [-0.05, 0) is 23.8 Å². The first-order valence-corrected chi connectivity index (χ1v) is 8.74. The molecule has 0 radical (unpaired) electrons. The van der Waals surface area contributed by atoms with Crippen LogP contribution in [0.2, 0.25) is 5.02 Å². The average molecular weight is 389 g/mol. The summed E-state index contributed by atoms with van der Waals surface area (Å²) in [5.74, 6) is -1.34. The van der Waals surface area contributed by atoms with E-state index in [0.717, 1.165) is 22.0 Å². The van der Waals surface area contributed by atoms with Crippen molar-refractivity contribution in [3.05, 3.63) is 84.0 Å². The van der Waals surface area contributed by atoms with Gasteiger partial charge in [-0.15, -0.1) is 0 Å². The molecule has 0 fully saturated rings. The summed E-state index contributed by atoms with van der Waals surface area (Å²) < 4.78 is 14.3. The van der Waals surface area contributed by atoms with Crippen LogP contribution in [0, 0.1) is 5.82 Å². The summed E-state index contributed by atoms with van der Waals surface area (Å²) in [6, 6.07) is 10.7. The van der Waals surface area contributed by atoms with Gasteiger partial charge in [0.05, 0.1) is 17.5 Å². The quantitative estimate of drug-likeness (QED) is 0.744. The average Bonchev–Trinajstić information content (AvgIpc) is 3.07. The van der Waals surface area contributed by atoms with Crippen LogP contribution in [0.5, 0.6) is 5.88 Å². The number of halogens is 2. The monoisotopic (exact) mass is 388 g/mol. The van der Waals surface area contributed by atoms with Crippen LogP contribution in [0.3, 0.4) is 0 Å². The Labute approximate surface area is 154 Å². The van der Waals surface area contributed by atoms with E-state index in [4.69, 9.17) is 11.6 Å². The minimum absolute atomic E-state index is 0.0411. The maximum Gasteiger partial charge on any atom is 0.310 e. The molecule has 3 aromatic rings. The SMILES string of the molecule is O=C1N=c2ccccc2=C1c1sc(=O)n(Cc2ccc(F)cc2Cl)c1O. The van der Waals surface area contributed by atoms with Crippen LogP contribution in [-0.4, -0.2) is 15.6 Å². The van der Waals surface area contributed by atoms with Gasteiger partial charge in [0.25, 0.3) is 5.91 Å². The van der Waals surface area contributed by atoms with E-state index in [1.165, 1.54) is 12.1 Å². The second kappa shape index (κ2) is 6.19. The third-order valence-electron chi connectivity index (χ3n) is 4.05. The summed E-state index contributed by atoms with van der Waals surface area (Å²) in [7, 11) is 0. The second-order valence-corrected chi connectivity index (χ2v) is 7.02. The van der Waals surface area contributed by atoms with Crippen LogP contribution >= 0.6 is 22.9 Å². The number of rotatable bonds is 3. The summed E-state index contributed by atoms with van der Waals surface area (Å²) in [6.07, 6.45) is 0. The van der Waals surface area contributed by atoms with Gasteiger partial charge in [0.15, 0.2) is 0 Å². The molecule has 0 unspecified atom stereocenters. The van der Waals surface area contributed by atoms with E-state index >= 15 is 0 Å². The minimum Gasteiger partial charge on any atom is -0.493 e. The lowest BCUT2D eigenvalue weighted by Gasteiger charge is -2.07. The molecule has 0 atom stereocenters. The number of carbonyl (C=O) groups is 1. The highest BCUT2D eigenvalue weighted by Crippen LogP contribution is 2.29. The number of hydrogen-bond donors (Lipinski definition) is 1. The molecular formula is C18H10ClFN2O3S. The Hall–Kier alpha value is -2.77. The van der Waals surface area contributed by atoms with E-state index in [2.05, 4.69) is 4.99 Å². The molecule has 1 amide bonds. The van der Waals surface area contributed by atoms with Gasteiger partial charge in [-0.3, -0.25) is 14.2 Å². The molecule has 0 bridgehead atoms. The number of nitrogens with zero attached hydrogens (tertiary/aromatic N) is 2. The highest BCUT2D eigenvalue weighted by molar-refractivity contribution is 7.11. The van der Waals surface area contributed by atoms with Crippen molar-refractivity contribution in [2.75, 3.05) is 0 Å². The molecule has 0 spiro atoms. The molecule has 0 saturated heterocycles. The Balaban J connectivity index is 1.86. The highest BCUT2D eigenvalue weighted by Gasteiger charge is 2.26. The Bertz CT molecular complexity index is 1250. The van der Waals surface area contributed by atoms with E-state index in [9.17, 15) is 19.1 Å². The molecule has 5 nitrogen and oxygen atoms in total. The number of hydrogen-bond acceptors (Lipinski definition) is 4. The molecule has 2 heterocycles. The van der Waals surface area contributed by atoms with Gasteiger partial charge < -0.3 is 5.11 Å². The third-order valence-corrected chi connectivity index (χ3v) is 5.39. The summed E-state index contributed by atoms with van der Waals surface area (Å²) in [6.45, 7) is -0.0411. The number of fused-ring (bicyclic) bond motifs is 1. The van der Waals surface area contributed by atoms with Crippen LogP contribution in [0.4, 0.5) is 4.39 Å². The largest absolute Gasteiger partial charge is 0.493 e. The fourth-order valence-corrected chi connectivity index (χ4v) is 3.97. The van der Waals surface area contributed by atoms with Gasteiger partial charge >= 0.3 is 4.87 Å². The number of aromatic nitrogens is 1. The van der Waals surface area contributed by atoms with E-state index in [1.807, 2.05) is 0 Å². The zero-order valence-corrected chi connectivity index (χ0v) is 14.6. The second-order valence-electron chi connectivity index (χ2n) is 5.65. The first kappa shape index (κ1) is 16.7. The number of thiazole rings is 1. The van der Waals surface area contributed by atoms with Crippen molar-refractivity contribution in [3.8, 4) is 5.88 Å². The maximum absolute atomic E-state index is 13.2. The third kappa shape index (κ3) is 2.65. The molecule has 2 aromatic carbocycles. The van der Waals surface area contributed by atoms with Crippen molar-refractivity contribution in [1.82, 2.24) is 4.57 Å². The molecular weight excluding hydrogens is 379 g/mol. The zero-order chi connectivity index (χ0) is 18.4. The molecule has 0 saturated carbocycles. The molecule has 1 aliphatic heterocycles. The van der Waals surface area contributed by atoms with E-state index < -0.39 is 16.6 Å². The van der Waals surface area contributed by atoms with Gasteiger partial charge in [0, 0.05) is 10.2 Å². The predicted molar refractivity (Wildman–Crippen MR) is 95.5 cm³/mol. The molecule has 8 heteroatoms. The number of benzene rings is 2. The van der Waals surface area contributed by atoms with Crippen molar-refractivity contribution < 1.29 is 14.3 Å². The summed E-state index contributed by atoms with van der Waals surface area (Å²) in [5.41, 5.74) is 0.673. The Kier molecular flexibility index (Phi) is 3.97. The molecule has 1 N–H and O–H groups in total. The van der Waals surface area contributed by atoms with Gasteiger partial charge in [0.1, 0.15) is 10.7 Å². The van der Waals surface area contributed by atoms with Crippen molar-refractivity contribution in [2.24, 2.45) is 4.99 Å². The van der Waals surface area contributed by atoms with Crippen LogP contribution in [0.15, 0.2) is 52.3 Å². The molecule has 1 aliphatic rings. The molecule has 0 aliphatic carbocycles. The lowest BCUT2D eigenvalue weighted by molar-refractivity contribution is -0.112. The van der Waals surface area contributed by atoms with E-state index in [-0.39, 0.29) is 27.9 Å². The normalized spacial score (nSPS) is 13.0. The highest BCUT2D eigenvalue weighted by atomic mass is 35.5. The number of carbonyl (C=O) groups excluding carboxylic acids is 1. The number of amides is 1. The van der Waals surface area contributed by atoms with Crippen molar-refractivity contribution >= 4 is 34.4 Å². The smallest absolute Gasteiger partial charge is 0.310 e. The predicted octanol–water partition coefficient (Wildman–Crippen LogP) is 1.81. The fraction of sp³-hybridized carbons (Fsp3) is 0.0556. The van der Waals surface area contributed by atoms with Gasteiger partial charge in [-0.25, -0.2) is 9.38 Å². The summed E-state index contributed by atoms with van der Waals surface area (Å²) in [5, 5.41) is 11.8. The number of para-hydroxylation sites is 1. The summed E-state index contributed by atoms with van der Waals surface area (Å²) in [4.78, 5) is 28.3. The first-order chi connectivity index (χ1) is 12.5. The Morgan fingerprint density at radius 2 is 1.96 bits per heavy atom. The van der Waals surface area contributed by atoms with Gasteiger partial charge in [0.2, 0.25) is 5.88 Å². The lowest BCUT2D eigenvalue weighted by Crippen LogP contribution is -2.22. The van der Waals surface area contributed by atoms with Crippen LogP contribution < -0.4 is 15.4 Å².